The lowest BCUT2D eigenvalue weighted by molar-refractivity contribution is 0.122. The summed E-state index contributed by atoms with van der Waals surface area (Å²) in [7, 11) is 0. The van der Waals surface area contributed by atoms with Crippen LogP contribution in [-0.2, 0) is 4.74 Å². The van der Waals surface area contributed by atoms with Gasteiger partial charge in [0.15, 0.2) is 0 Å². The lowest BCUT2D eigenvalue weighted by atomic mass is 10.1. The van der Waals surface area contributed by atoms with Crippen LogP contribution in [-0.4, -0.2) is 56.0 Å². The Balaban J connectivity index is 1.19. The molecule has 2 aromatic carbocycles. The Kier molecular flexibility index (Phi) is 5.29. The van der Waals surface area contributed by atoms with Gasteiger partial charge in [-0.05, 0) is 53.6 Å². The minimum absolute atomic E-state index is 0.544. The van der Waals surface area contributed by atoms with E-state index in [4.69, 9.17) is 9.72 Å². The SMILES string of the molecule is c1cc(-c2ccc3cnc(Nc4ccc(-n5cnc(N6CCOCC6)n5)cc4)nc3c2)ccn1. The summed E-state index contributed by atoms with van der Waals surface area (Å²) < 4.78 is 7.18. The number of benzene rings is 2. The number of fused-ring (bicyclic) bond motifs is 1. The van der Waals surface area contributed by atoms with Crippen LogP contribution in [0.1, 0.15) is 0 Å². The summed E-state index contributed by atoms with van der Waals surface area (Å²) in [5.41, 5.74) is 4.89. The number of anilines is 3. The van der Waals surface area contributed by atoms with Gasteiger partial charge in [0, 0.05) is 42.8 Å². The summed E-state index contributed by atoms with van der Waals surface area (Å²) >= 11 is 0. The molecule has 9 heteroatoms. The van der Waals surface area contributed by atoms with Gasteiger partial charge >= 0.3 is 0 Å². The highest BCUT2D eigenvalue weighted by molar-refractivity contribution is 5.84. The number of morpholine rings is 1. The first kappa shape index (κ1) is 20.3. The molecule has 5 aromatic rings. The topological polar surface area (TPSA) is 93.9 Å². The van der Waals surface area contributed by atoms with E-state index >= 15 is 0 Å². The van der Waals surface area contributed by atoms with E-state index in [-0.39, 0.29) is 0 Å². The third-order valence-corrected chi connectivity index (χ3v) is 5.76. The monoisotopic (exact) mass is 450 g/mol. The molecule has 1 N–H and O–H groups in total. The standard InChI is InChI=1S/C25H22N8O/c1-2-20-16-27-24(30-23(20)15-19(1)18-7-9-26-10-8-18)29-21-3-5-22(6-4-21)33-17-28-25(31-33)32-11-13-34-14-12-32/h1-10,15-17H,11-14H2,(H,27,29,30). The molecule has 0 spiro atoms. The predicted molar refractivity (Wildman–Crippen MR) is 130 cm³/mol. The fourth-order valence-electron chi connectivity index (χ4n) is 3.92. The fourth-order valence-corrected chi connectivity index (χ4v) is 3.92. The number of nitrogens with zero attached hydrogens (tertiary/aromatic N) is 7. The van der Waals surface area contributed by atoms with Crippen molar-refractivity contribution in [1.29, 1.82) is 0 Å². The summed E-state index contributed by atoms with van der Waals surface area (Å²) in [4.78, 5) is 19.8. The Bertz CT molecular complexity index is 1410. The molecular weight excluding hydrogens is 428 g/mol. The molecule has 0 bridgehead atoms. The normalized spacial score (nSPS) is 13.8. The summed E-state index contributed by atoms with van der Waals surface area (Å²) in [6, 6.07) is 18.1. The first-order chi connectivity index (χ1) is 16.8. The van der Waals surface area contributed by atoms with E-state index in [2.05, 4.69) is 42.4 Å². The molecule has 0 atom stereocenters. The maximum absolute atomic E-state index is 5.40. The second-order valence-electron chi connectivity index (χ2n) is 7.96. The molecular formula is C25H22N8O. The summed E-state index contributed by atoms with van der Waals surface area (Å²) in [5, 5.41) is 8.89. The van der Waals surface area contributed by atoms with Gasteiger partial charge in [-0.15, -0.1) is 5.10 Å². The molecule has 0 radical (unpaired) electrons. The van der Waals surface area contributed by atoms with Gasteiger partial charge in [0.2, 0.25) is 11.9 Å². The third-order valence-electron chi connectivity index (χ3n) is 5.76. The number of hydrogen-bond donors (Lipinski definition) is 1. The number of rotatable bonds is 5. The first-order valence-electron chi connectivity index (χ1n) is 11.1. The Morgan fingerprint density at radius 3 is 2.50 bits per heavy atom. The highest BCUT2D eigenvalue weighted by atomic mass is 16.5. The van der Waals surface area contributed by atoms with E-state index in [0.29, 0.717) is 19.2 Å². The van der Waals surface area contributed by atoms with Gasteiger partial charge in [0.25, 0.3) is 0 Å². The van der Waals surface area contributed by atoms with Crippen LogP contribution in [0.3, 0.4) is 0 Å². The van der Waals surface area contributed by atoms with Crippen LogP contribution >= 0.6 is 0 Å². The average molecular weight is 451 g/mol. The van der Waals surface area contributed by atoms with Crippen LogP contribution in [0.5, 0.6) is 0 Å². The lowest BCUT2D eigenvalue weighted by Crippen LogP contribution is -2.37. The second kappa shape index (κ2) is 8.87. The van der Waals surface area contributed by atoms with Crippen LogP contribution < -0.4 is 10.2 Å². The highest BCUT2D eigenvalue weighted by Gasteiger charge is 2.15. The largest absolute Gasteiger partial charge is 0.378 e. The zero-order chi connectivity index (χ0) is 22.7. The molecule has 0 unspecified atom stereocenters. The maximum Gasteiger partial charge on any atom is 0.245 e. The Hall–Kier alpha value is -4.37. The van der Waals surface area contributed by atoms with Crippen molar-refractivity contribution in [3.8, 4) is 16.8 Å². The van der Waals surface area contributed by atoms with Crippen LogP contribution in [0.2, 0.25) is 0 Å². The molecule has 0 saturated carbocycles. The smallest absolute Gasteiger partial charge is 0.245 e. The average Bonchev–Trinajstić information content (AvgIpc) is 3.40. The Morgan fingerprint density at radius 1 is 0.853 bits per heavy atom. The maximum atomic E-state index is 5.40. The molecule has 3 aromatic heterocycles. The van der Waals surface area contributed by atoms with Gasteiger partial charge in [0.1, 0.15) is 6.33 Å². The summed E-state index contributed by atoms with van der Waals surface area (Å²) in [6.07, 6.45) is 7.15. The summed E-state index contributed by atoms with van der Waals surface area (Å²) in [6.45, 7) is 3.03. The highest BCUT2D eigenvalue weighted by Crippen LogP contribution is 2.24. The quantitative estimate of drug-likeness (QED) is 0.432. The van der Waals surface area contributed by atoms with Gasteiger partial charge in [0.05, 0.1) is 24.4 Å². The number of ether oxygens (including phenoxy) is 1. The van der Waals surface area contributed by atoms with E-state index in [1.807, 2.05) is 48.7 Å². The van der Waals surface area contributed by atoms with Crippen LogP contribution in [0, 0.1) is 0 Å². The van der Waals surface area contributed by atoms with Crippen LogP contribution in [0.4, 0.5) is 17.6 Å². The van der Waals surface area contributed by atoms with Crippen molar-refractivity contribution in [2.45, 2.75) is 0 Å². The van der Waals surface area contributed by atoms with Crippen molar-refractivity contribution in [2.24, 2.45) is 0 Å². The number of hydrogen-bond acceptors (Lipinski definition) is 8. The zero-order valence-electron chi connectivity index (χ0n) is 18.4. The molecule has 168 valence electrons. The van der Waals surface area contributed by atoms with Crippen molar-refractivity contribution in [2.75, 3.05) is 36.5 Å². The van der Waals surface area contributed by atoms with E-state index < -0.39 is 0 Å². The molecule has 34 heavy (non-hydrogen) atoms. The van der Waals surface area contributed by atoms with E-state index in [1.165, 1.54) is 0 Å². The minimum atomic E-state index is 0.544. The van der Waals surface area contributed by atoms with Gasteiger partial charge in [-0.2, -0.15) is 4.98 Å². The molecule has 6 rings (SSSR count). The van der Waals surface area contributed by atoms with Crippen molar-refractivity contribution in [3.05, 3.63) is 79.5 Å². The second-order valence-corrected chi connectivity index (χ2v) is 7.96. The summed E-state index contributed by atoms with van der Waals surface area (Å²) in [5.74, 6) is 1.27. The molecule has 4 heterocycles. The zero-order valence-corrected chi connectivity index (χ0v) is 18.4. The number of nitrogens with one attached hydrogen (secondary N) is 1. The molecule has 1 aliphatic rings. The van der Waals surface area contributed by atoms with E-state index in [0.717, 1.165) is 52.4 Å². The molecule has 1 aliphatic heterocycles. The van der Waals surface area contributed by atoms with Crippen molar-refractivity contribution < 1.29 is 4.74 Å². The lowest BCUT2D eigenvalue weighted by Gasteiger charge is -2.25. The third kappa shape index (κ3) is 4.16. The molecule has 1 fully saturated rings. The van der Waals surface area contributed by atoms with Crippen LogP contribution in [0.15, 0.2) is 79.5 Å². The Morgan fingerprint density at radius 2 is 1.68 bits per heavy atom. The van der Waals surface area contributed by atoms with Crippen LogP contribution in [0.25, 0.3) is 27.7 Å². The molecule has 1 saturated heterocycles. The Labute approximate surface area is 196 Å². The van der Waals surface area contributed by atoms with Gasteiger partial charge in [-0.3, -0.25) is 4.98 Å². The molecule has 9 nitrogen and oxygen atoms in total. The fraction of sp³-hybridized carbons (Fsp3) is 0.160. The molecule has 0 aliphatic carbocycles. The van der Waals surface area contributed by atoms with E-state index in [9.17, 15) is 0 Å². The van der Waals surface area contributed by atoms with Crippen molar-refractivity contribution >= 4 is 28.5 Å². The van der Waals surface area contributed by atoms with Crippen molar-refractivity contribution in [1.82, 2.24) is 29.7 Å². The number of pyridine rings is 1. The van der Waals surface area contributed by atoms with Gasteiger partial charge in [-0.25, -0.2) is 14.6 Å². The van der Waals surface area contributed by atoms with Gasteiger partial charge in [-0.1, -0.05) is 12.1 Å². The van der Waals surface area contributed by atoms with E-state index in [1.54, 1.807) is 23.4 Å². The van der Waals surface area contributed by atoms with Gasteiger partial charge < -0.3 is 15.0 Å². The minimum Gasteiger partial charge on any atom is -0.378 e. The molecule has 0 amide bonds. The van der Waals surface area contributed by atoms with Crippen molar-refractivity contribution in [3.63, 3.8) is 0 Å². The number of aromatic nitrogens is 6. The first-order valence-corrected chi connectivity index (χ1v) is 11.1. The predicted octanol–water partition coefficient (Wildman–Crippen LogP) is 3.85.